The molecule has 0 radical (unpaired) electrons. The molecule has 3 aromatic rings. The van der Waals surface area contributed by atoms with Crippen molar-refractivity contribution in [2.24, 2.45) is 0 Å². The van der Waals surface area contributed by atoms with Gasteiger partial charge in [-0.25, -0.2) is 0 Å². The Balaban J connectivity index is 1.31. The maximum absolute atomic E-state index is 12.4. The van der Waals surface area contributed by atoms with E-state index in [0.717, 1.165) is 18.6 Å². The fourth-order valence-corrected chi connectivity index (χ4v) is 2.82. The Bertz CT molecular complexity index is 924. The number of ether oxygens (including phenoxy) is 2. The number of ketones is 1. The SMILES string of the molecule is O=C(COc1ccc(C(=O)c2ccccc2)cc1)NCCCCOc1ccccc1. The average molecular weight is 403 g/mol. The van der Waals surface area contributed by atoms with Crippen LogP contribution in [0.3, 0.4) is 0 Å². The van der Waals surface area contributed by atoms with E-state index >= 15 is 0 Å². The van der Waals surface area contributed by atoms with Crippen LogP contribution in [-0.2, 0) is 4.79 Å². The minimum absolute atomic E-state index is 0.0452. The van der Waals surface area contributed by atoms with Crippen molar-refractivity contribution >= 4 is 11.7 Å². The van der Waals surface area contributed by atoms with Crippen molar-refractivity contribution < 1.29 is 19.1 Å². The average Bonchev–Trinajstić information content (AvgIpc) is 2.81. The van der Waals surface area contributed by atoms with Crippen molar-refractivity contribution in [3.05, 3.63) is 96.1 Å². The van der Waals surface area contributed by atoms with Crippen LogP contribution in [0.4, 0.5) is 0 Å². The topological polar surface area (TPSA) is 64.6 Å². The van der Waals surface area contributed by atoms with Crippen LogP contribution in [0.1, 0.15) is 28.8 Å². The lowest BCUT2D eigenvalue weighted by molar-refractivity contribution is -0.123. The Kier molecular flexibility index (Phi) is 8.03. The lowest BCUT2D eigenvalue weighted by Gasteiger charge is -2.09. The Labute approximate surface area is 176 Å². The Morgan fingerprint density at radius 2 is 1.27 bits per heavy atom. The summed E-state index contributed by atoms with van der Waals surface area (Å²) in [6, 6.07) is 25.6. The van der Waals surface area contributed by atoms with Gasteiger partial charge in [0.1, 0.15) is 11.5 Å². The third-order valence-electron chi connectivity index (χ3n) is 4.43. The number of hydrogen-bond donors (Lipinski definition) is 1. The lowest BCUT2D eigenvalue weighted by atomic mass is 10.0. The van der Waals surface area contributed by atoms with Gasteiger partial charge in [0.05, 0.1) is 6.61 Å². The number of unbranched alkanes of at least 4 members (excludes halogenated alkanes) is 1. The zero-order valence-corrected chi connectivity index (χ0v) is 16.8. The normalized spacial score (nSPS) is 10.3. The fourth-order valence-electron chi connectivity index (χ4n) is 2.82. The summed E-state index contributed by atoms with van der Waals surface area (Å²) >= 11 is 0. The number of rotatable bonds is 11. The van der Waals surface area contributed by atoms with Gasteiger partial charge in [-0.3, -0.25) is 9.59 Å². The highest BCUT2D eigenvalue weighted by atomic mass is 16.5. The van der Waals surface area contributed by atoms with Gasteiger partial charge in [0, 0.05) is 17.7 Å². The van der Waals surface area contributed by atoms with Gasteiger partial charge in [-0.2, -0.15) is 0 Å². The summed E-state index contributed by atoms with van der Waals surface area (Å²) < 4.78 is 11.1. The largest absolute Gasteiger partial charge is 0.494 e. The zero-order valence-electron chi connectivity index (χ0n) is 16.8. The maximum atomic E-state index is 12.4. The third kappa shape index (κ3) is 6.78. The minimum atomic E-state index is -0.177. The van der Waals surface area contributed by atoms with Gasteiger partial charge in [0.15, 0.2) is 12.4 Å². The highest BCUT2D eigenvalue weighted by Gasteiger charge is 2.09. The van der Waals surface area contributed by atoms with E-state index in [9.17, 15) is 9.59 Å². The van der Waals surface area contributed by atoms with E-state index < -0.39 is 0 Å². The summed E-state index contributed by atoms with van der Waals surface area (Å²) in [6.45, 7) is 1.13. The molecule has 0 aliphatic heterocycles. The molecule has 0 aromatic heterocycles. The van der Waals surface area contributed by atoms with Gasteiger partial charge in [-0.05, 0) is 49.2 Å². The molecule has 5 nitrogen and oxygen atoms in total. The number of amides is 1. The summed E-state index contributed by atoms with van der Waals surface area (Å²) in [5.41, 5.74) is 1.22. The summed E-state index contributed by atoms with van der Waals surface area (Å²) in [7, 11) is 0. The highest BCUT2D eigenvalue weighted by molar-refractivity contribution is 6.08. The number of nitrogens with one attached hydrogen (secondary N) is 1. The van der Waals surface area contributed by atoms with E-state index in [0.29, 0.717) is 30.0 Å². The molecule has 1 N–H and O–H groups in total. The minimum Gasteiger partial charge on any atom is -0.494 e. The van der Waals surface area contributed by atoms with Crippen LogP contribution in [0, 0.1) is 0 Å². The van der Waals surface area contributed by atoms with E-state index in [1.807, 2.05) is 48.5 Å². The molecule has 0 spiro atoms. The smallest absolute Gasteiger partial charge is 0.257 e. The van der Waals surface area contributed by atoms with E-state index in [-0.39, 0.29) is 18.3 Å². The molecule has 30 heavy (non-hydrogen) atoms. The maximum Gasteiger partial charge on any atom is 0.257 e. The molecule has 0 saturated carbocycles. The van der Waals surface area contributed by atoms with E-state index in [1.165, 1.54) is 0 Å². The molecule has 5 heteroatoms. The standard InChI is InChI=1S/C25H25NO4/c27-24(26-17-7-8-18-29-22-11-5-2-6-12-22)19-30-23-15-13-21(14-16-23)25(28)20-9-3-1-4-10-20/h1-6,9-16H,7-8,17-19H2,(H,26,27). The molecule has 0 heterocycles. The first-order valence-corrected chi connectivity index (χ1v) is 9.99. The molecule has 0 fully saturated rings. The summed E-state index contributed by atoms with van der Waals surface area (Å²) in [6.07, 6.45) is 1.68. The van der Waals surface area contributed by atoms with Crippen molar-refractivity contribution in [1.29, 1.82) is 0 Å². The summed E-state index contributed by atoms with van der Waals surface area (Å²) in [5.74, 6) is 1.18. The molecule has 0 saturated heterocycles. The van der Waals surface area contributed by atoms with Crippen LogP contribution in [-0.4, -0.2) is 31.4 Å². The predicted molar refractivity (Wildman–Crippen MR) is 116 cm³/mol. The van der Waals surface area contributed by atoms with Gasteiger partial charge in [0.2, 0.25) is 0 Å². The van der Waals surface area contributed by atoms with Crippen LogP contribution < -0.4 is 14.8 Å². The van der Waals surface area contributed by atoms with Crippen molar-refractivity contribution in [2.75, 3.05) is 19.8 Å². The third-order valence-corrected chi connectivity index (χ3v) is 4.43. The molecular weight excluding hydrogens is 378 g/mol. The molecule has 0 unspecified atom stereocenters. The van der Waals surface area contributed by atoms with Gasteiger partial charge >= 0.3 is 0 Å². The molecule has 0 aliphatic rings. The molecule has 154 valence electrons. The number of para-hydroxylation sites is 1. The fraction of sp³-hybridized carbons (Fsp3) is 0.200. The van der Waals surface area contributed by atoms with Crippen LogP contribution in [0.25, 0.3) is 0 Å². The number of carbonyl (C=O) groups excluding carboxylic acids is 2. The molecule has 3 aromatic carbocycles. The monoisotopic (exact) mass is 403 g/mol. The van der Waals surface area contributed by atoms with Gasteiger partial charge in [-0.1, -0.05) is 48.5 Å². The van der Waals surface area contributed by atoms with E-state index in [1.54, 1.807) is 36.4 Å². The van der Waals surface area contributed by atoms with Crippen molar-refractivity contribution in [1.82, 2.24) is 5.32 Å². The van der Waals surface area contributed by atoms with Crippen molar-refractivity contribution in [3.8, 4) is 11.5 Å². The van der Waals surface area contributed by atoms with Gasteiger partial charge in [0.25, 0.3) is 5.91 Å². The second-order valence-corrected chi connectivity index (χ2v) is 6.73. The molecule has 1 amide bonds. The number of hydrogen-bond acceptors (Lipinski definition) is 4. The van der Waals surface area contributed by atoms with Crippen LogP contribution in [0.5, 0.6) is 11.5 Å². The van der Waals surface area contributed by atoms with Gasteiger partial charge in [-0.15, -0.1) is 0 Å². The molecule has 0 aliphatic carbocycles. The van der Waals surface area contributed by atoms with Crippen LogP contribution in [0.2, 0.25) is 0 Å². The van der Waals surface area contributed by atoms with E-state index in [2.05, 4.69) is 5.32 Å². The zero-order chi connectivity index (χ0) is 21.0. The number of carbonyl (C=O) groups is 2. The summed E-state index contributed by atoms with van der Waals surface area (Å²) in [5, 5.41) is 2.83. The number of benzene rings is 3. The van der Waals surface area contributed by atoms with Gasteiger partial charge < -0.3 is 14.8 Å². The van der Waals surface area contributed by atoms with Crippen LogP contribution in [0.15, 0.2) is 84.9 Å². The predicted octanol–water partition coefficient (Wildman–Crippen LogP) is 4.27. The first kappa shape index (κ1) is 21.1. The lowest BCUT2D eigenvalue weighted by Crippen LogP contribution is -2.29. The quantitative estimate of drug-likeness (QED) is 0.384. The second kappa shape index (κ2) is 11.4. The van der Waals surface area contributed by atoms with Crippen molar-refractivity contribution in [2.45, 2.75) is 12.8 Å². The highest BCUT2D eigenvalue weighted by Crippen LogP contribution is 2.15. The Morgan fingerprint density at radius 1 is 0.667 bits per heavy atom. The Morgan fingerprint density at radius 3 is 1.97 bits per heavy atom. The molecule has 0 bridgehead atoms. The molecule has 3 rings (SSSR count). The molecule has 0 atom stereocenters. The summed E-state index contributed by atoms with van der Waals surface area (Å²) in [4.78, 5) is 24.3. The first-order chi connectivity index (χ1) is 14.7. The second-order valence-electron chi connectivity index (χ2n) is 6.73. The first-order valence-electron chi connectivity index (χ1n) is 9.99. The van der Waals surface area contributed by atoms with Crippen molar-refractivity contribution in [3.63, 3.8) is 0 Å². The Hall–Kier alpha value is -3.60. The van der Waals surface area contributed by atoms with Crippen LogP contribution >= 0.6 is 0 Å². The van der Waals surface area contributed by atoms with E-state index in [4.69, 9.17) is 9.47 Å². The molecular formula is C25H25NO4.